The molecule has 0 aromatic carbocycles. The van der Waals surface area contributed by atoms with Crippen LogP contribution in [0.1, 0.15) is 46.7 Å². The van der Waals surface area contributed by atoms with Crippen LogP contribution in [0.5, 0.6) is 0 Å². The standard InChI is InChI=1S/C12H16N2O4/c1-2-18-12(16)11-9(8-15)7-14(13-11)10-3-5-17-6-4-10/h7-8,10H,2-6H2,1H3. The predicted octanol–water partition coefficient (Wildman–Crippen LogP) is 1.22. The Bertz CT molecular complexity index is 435. The highest BCUT2D eigenvalue weighted by Crippen LogP contribution is 2.21. The minimum atomic E-state index is -0.551. The molecule has 1 aromatic rings. The zero-order chi connectivity index (χ0) is 13.0. The van der Waals surface area contributed by atoms with Crippen molar-refractivity contribution < 1.29 is 19.1 Å². The Balaban J connectivity index is 2.22. The Morgan fingerprint density at radius 2 is 2.33 bits per heavy atom. The van der Waals surface area contributed by atoms with Crippen LogP contribution in [0.2, 0.25) is 0 Å². The van der Waals surface area contributed by atoms with Crippen molar-refractivity contribution >= 4 is 12.3 Å². The number of esters is 1. The van der Waals surface area contributed by atoms with E-state index in [9.17, 15) is 9.59 Å². The van der Waals surface area contributed by atoms with Gasteiger partial charge in [-0.05, 0) is 19.8 Å². The van der Waals surface area contributed by atoms with Crippen LogP contribution in [-0.4, -0.2) is 41.9 Å². The molecule has 6 nitrogen and oxygen atoms in total. The van der Waals surface area contributed by atoms with Gasteiger partial charge in [-0.1, -0.05) is 0 Å². The average molecular weight is 252 g/mol. The van der Waals surface area contributed by atoms with Crippen LogP contribution in [0.25, 0.3) is 0 Å². The van der Waals surface area contributed by atoms with Gasteiger partial charge >= 0.3 is 5.97 Å². The van der Waals surface area contributed by atoms with Crippen molar-refractivity contribution in [2.45, 2.75) is 25.8 Å². The maximum Gasteiger partial charge on any atom is 0.359 e. The molecule has 1 saturated heterocycles. The first kappa shape index (κ1) is 12.8. The normalized spacial score (nSPS) is 16.5. The second-order valence-electron chi connectivity index (χ2n) is 4.09. The fourth-order valence-corrected chi connectivity index (χ4v) is 1.99. The number of hydrogen-bond donors (Lipinski definition) is 0. The first-order valence-electron chi connectivity index (χ1n) is 6.05. The topological polar surface area (TPSA) is 70.4 Å². The maximum atomic E-state index is 11.6. The third-order valence-corrected chi connectivity index (χ3v) is 2.92. The van der Waals surface area contributed by atoms with E-state index in [1.807, 2.05) is 0 Å². The number of carbonyl (C=O) groups excluding carboxylic acids is 2. The third-order valence-electron chi connectivity index (χ3n) is 2.92. The van der Waals surface area contributed by atoms with Crippen molar-refractivity contribution in [3.8, 4) is 0 Å². The van der Waals surface area contributed by atoms with Crippen molar-refractivity contribution in [3.63, 3.8) is 0 Å². The minimum absolute atomic E-state index is 0.0957. The molecule has 0 unspecified atom stereocenters. The van der Waals surface area contributed by atoms with E-state index in [0.717, 1.165) is 12.8 Å². The smallest absolute Gasteiger partial charge is 0.359 e. The number of aromatic nitrogens is 2. The molecule has 0 spiro atoms. The van der Waals surface area contributed by atoms with Crippen LogP contribution in [0.3, 0.4) is 0 Å². The summed E-state index contributed by atoms with van der Waals surface area (Å²) in [7, 11) is 0. The van der Waals surface area contributed by atoms with Crippen molar-refractivity contribution in [2.75, 3.05) is 19.8 Å². The second kappa shape index (κ2) is 5.77. The Hall–Kier alpha value is -1.69. The quantitative estimate of drug-likeness (QED) is 0.595. The SMILES string of the molecule is CCOC(=O)c1nn(C2CCOCC2)cc1C=O. The molecule has 0 atom stereocenters. The number of aldehydes is 1. The van der Waals surface area contributed by atoms with Crippen molar-refractivity contribution in [2.24, 2.45) is 0 Å². The molecule has 98 valence electrons. The van der Waals surface area contributed by atoms with Gasteiger partial charge in [0.05, 0.1) is 18.2 Å². The summed E-state index contributed by atoms with van der Waals surface area (Å²) in [5.41, 5.74) is 0.373. The largest absolute Gasteiger partial charge is 0.461 e. The summed E-state index contributed by atoms with van der Waals surface area (Å²) in [6.07, 6.45) is 3.91. The summed E-state index contributed by atoms with van der Waals surface area (Å²) >= 11 is 0. The van der Waals surface area contributed by atoms with Gasteiger partial charge in [-0.2, -0.15) is 5.10 Å². The van der Waals surface area contributed by atoms with E-state index in [2.05, 4.69) is 5.10 Å². The molecule has 0 saturated carbocycles. The summed E-state index contributed by atoms with van der Waals surface area (Å²) < 4.78 is 11.8. The zero-order valence-corrected chi connectivity index (χ0v) is 10.3. The van der Waals surface area contributed by atoms with Gasteiger partial charge in [-0.15, -0.1) is 0 Å². The Kier molecular flexibility index (Phi) is 4.09. The molecule has 1 aliphatic rings. The summed E-state index contributed by atoms with van der Waals surface area (Å²) in [4.78, 5) is 22.6. The maximum absolute atomic E-state index is 11.6. The molecule has 1 aliphatic heterocycles. The van der Waals surface area contributed by atoms with Gasteiger partial charge in [-0.3, -0.25) is 9.48 Å². The van der Waals surface area contributed by atoms with Crippen LogP contribution in [0.15, 0.2) is 6.20 Å². The highest BCUT2D eigenvalue weighted by molar-refractivity contribution is 5.96. The summed E-state index contributed by atoms with van der Waals surface area (Å²) in [6.45, 7) is 3.33. The number of hydrogen-bond acceptors (Lipinski definition) is 5. The molecule has 0 bridgehead atoms. The van der Waals surface area contributed by atoms with E-state index >= 15 is 0 Å². The Morgan fingerprint density at radius 3 is 2.94 bits per heavy atom. The van der Waals surface area contributed by atoms with E-state index in [4.69, 9.17) is 9.47 Å². The zero-order valence-electron chi connectivity index (χ0n) is 10.3. The summed E-state index contributed by atoms with van der Waals surface area (Å²) in [5.74, 6) is -0.551. The molecule has 0 N–H and O–H groups in total. The fraction of sp³-hybridized carbons (Fsp3) is 0.583. The lowest BCUT2D eigenvalue weighted by Crippen LogP contribution is -2.20. The first-order chi connectivity index (χ1) is 8.76. The monoisotopic (exact) mass is 252 g/mol. The fourth-order valence-electron chi connectivity index (χ4n) is 1.99. The molecule has 18 heavy (non-hydrogen) atoms. The molecule has 1 fully saturated rings. The van der Waals surface area contributed by atoms with Gasteiger partial charge in [-0.25, -0.2) is 4.79 Å². The minimum Gasteiger partial charge on any atom is -0.461 e. The van der Waals surface area contributed by atoms with E-state index in [-0.39, 0.29) is 23.9 Å². The molecular weight excluding hydrogens is 236 g/mol. The van der Waals surface area contributed by atoms with E-state index in [1.54, 1.807) is 17.8 Å². The van der Waals surface area contributed by atoms with E-state index < -0.39 is 5.97 Å². The van der Waals surface area contributed by atoms with Crippen LogP contribution >= 0.6 is 0 Å². The van der Waals surface area contributed by atoms with Crippen LogP contribution < -0.4 is 0 Å². The van der Waals surface area contributed by atoms with Crippen LogP contribution in [0, 0.1) is 0 Å². The highest BCUT2D eigenvalue weighted by Gasteiger charge is 2.22. The molecule has 6 heteroatoms. The molecule has 0 radical (unpaired) electrons. The van der Waals surface area contributed by atoms with Crippen molar-refractivity contribution in [1.82, 2.24) is 9.78 Å². The van der Waals surface area contributed by atoms with Gasteiger partial charge < -0.3 is 9.47 Å². The molecule has 0 aliphatic carbocycles. The molecule has 1 aromatic heterocycles. The number of nitrogens with zero attached hydrogens (tertiary/aromatic N) is 2. The lowest BCUT2D eigenvalue weighted by atomic mass is 10.1. The van der Waals surface area contributed by atoms with Crippen LogP contribution in [-0.2, 0) is 9.47 Å². The van der Waals surface area contributed by atoms with Gasteiger partial charge in [0.25, 0.3) is 0 Å². The molecular formula is C12H16N2O4. The van der Waals surface area contributed by atoms with Crippen molar-refractivity contribution in [1.29, 1.82) is 0 Å². The first-order valence-corrected chi connectivity index (χ1v) is 6.05. The second-order valence-corrected chi connectivity index (χ2v) is 4.09. The number of carbonyl (C=O) groups is 2. The summed E-state index contributed by atoms with van der Waals surface area (Å²) in [6, 6.07) is 0.181. The van der Waals surface area contributed by atoms with Gasteiger partial charge in [0.2, 0.25) is 0 Å². The molecule has 2 heterocycles. The van der Waals surface area contributed by atoms with Gasteiger partial charge in [0, 0.05) is 19.4 Å². The third kappa shape index (κ3) is 2.59. The number of rotatable bonds is 4. The number of ether oxygens (including phenoxy) is 2. The highest BCUT2D eigenvalue weighted by atomic mass is 16.5. The lowest BCUT2D eigenvalue weighted by molar-refractivity contribution is 0.0511. The van der Waals surface area contributed by atoms with E-state index in [1.165, 1.54) is 0 Å². The lowest BCUT2D eigenvalue weighted by Gasteiger charge is -2.22. The molecule has 2 rings (SSSR count). The van der Waals surface area contributed by atoms with Gasteiger partial charge in [0.15, 0.2) is 12.0 Å². The Labute approximate surface area is 105 Å². The average Bonchev–Trinajstić information content (AvgIpc) is 2.84. The summed E-state index contributed by atoms with van der Waals surface area (Å²) in [5, 5.41) is 4.18. The van der Waals surface area contributed by atoms with Crippen LogP contribution in [0.4, 0.5) is 0 Å². The predicted molar refractivity (Wildman–Crippen MR) is 62.7 cm³/mol. The Morgan fingerprint density at radius 1 is 1.61 bits per heavy atom. The molecule has 0 amide bonds. The van der Waals surface area contributed by atoms with Gasteiger partial charge in [0.1, 0.15) is 0 Å². The van der Waals surface area contributed by atoms with Crippen molar-refractivity contribution in [3.05, 3.63) is 17.5 Å². The van der Waals surface area contributed by atoms with E-state index in [0.29, 0.717) is 19.5 Å².